The molecule has 1 aromatic carbocycles. The van der Waals surface area contributed by atoms with Crippen LogP contribution in [0.25, 0.3) is 6.08 Å². The molecule has 0 bridgehead atoms. The van der Waals surface area contributed by atoms with Gasteiger partial charge in [0.25, 0.3) is 0 Å². The summed E-state index contributed by atoms with van der Waals surface area (Å²) in [5.41, 5.74) is 0.826. The van der Waals surface area contributed by atoms with E-state index in [-0.39, 0.29) is 5.91 Å². The molecular weight excluding hydrogens is 284 g/mol. The second kappa shape index (κ2) is 7.31. The third-order valence-electron chi connectivity index (χ3n) is 2.79. The third kappa shape index (κ3) is 4.12. The maximum absolute atomic E-state index is 11.8. The molecule has 1 amide bonds. The van der Waals surface area contributed by atoms with Crippen LogP contribution in [-0.4, -0.2) is 24.8 Å². The van der Waals surface area contributed by atoms with Crippen molar-refractivity contribution in [2.75, 3.05) is 19.0 Å². The van der Waals surface area contributed by atoms with E-state index in [1.807, 2.05) is 13.0 Å². The standard InChI is InChI=1S/C16H18N2O4/c1-4-21-13-7-5-12(10-14(13)20-3)6-8-16(19)17-15-9-11(2)22-18-15/h5-10H,4H2,1-3H3,(H,17,18,19)/b8-6+. The number of rotatable bonds is 6. The molecule has 0 unspecified atom stereocenters. The molecule has 0 saturated heterocycles. The Hall–Kier alpha value is -2.76. The van der Waals surface area contributed by atoms with Gasteiger partial charge in [-0.2, -0.15) is 0 Å². The van der Waals surface area contributed by atoms with Gasteiger partial charge in [-0.3, -0.25) is 4.79 Å². The van der Waals surface area contributed by atoms with Gasteiger partial charge >= 0.3 is 0 Å². The van der Waals surface area contributed by atoms with Crippen LogP contribution in [0.3, 0.4) is 0 Å². The van der Waals surface area contributed by atoms with Crippen LogP contribution in [0.1, 0.15) is 18.2 Å². The number of benzene rings is 1. The van der Waals surface area contributed by atoms with Crippen molar-refractivity contribution in [1.29, 1.82) is 0 Å². The Bertz CT molecular complexity index is 677. The predicted molar refractivity (Wildman–Crippen MR) is 83.1 cm³/mol. The first kappa shape index (κ1) is 15.6. The van der Waals surface area contributed by atoms with E-state index in [1.54, 1.807) is 38.3 Å². The topological polar surface area (TPSA) is 73.6 Å². The van der Waals surface area contributed by atoms with Crippen LogP contribution in [-0.2, 0) is 4.79 Å². The van der Waals surface area contributed by atoms with Crippen molar-refractivity contribution in [3.8, 4) is 11.5 Å². The Kier molecular flexibility index (Phi) is 5.19. The number of hydrogen-bond donors (Lipinski definition) is 1. The van der Waals surface area contributed by atoms with E-state index in [0.29, 0.717) is 29.7 Å². The zero-order valence-corrected chi connectivity index (χ0v) is 12.8. The molecule has 0 radical (unpaired) electrons. The summed E-state index contributed by atoms with van der Waals surface area (Å²) in [4.78, 5) is 11.8. The molecule has 1 N–H and O–H groups in total. The SMILES string of the molecule is CCOc1ccc(/C=C/C(=O)Nc2cc(C)on2)cc1OC. The number of hydrogen-bond acceptors (Lipinski definition) is 5. The smallest absolute Gasteiger partial charge is 0.249 e. The van der Waals surface area contributed by atoms with Crippen molar-refractivity contribution in [3.63, 3.8) is 0 Å². The van der Waals surface area contributed by atoms with Gasteiger partial charge in [0.2, 0.25) is 5.91 Å². The number of carbonyl (C=O) groups excluding carboxylic acids is 1. The van der Waals surface area contributed by atoms with Gasteiger partial charge in [-0.25, -0.2) is 0 Å². The molecule has 0 fully saturated rings. The molecule has 0 saturated carbocycles. The summed E-state index contributed by atoms with van der Waals surface area (Å²) < 4.78 is 15.6. The lowest BCUT2D eigenvalue weighted by Gasteiger charge is -2.09. The van der Waals surface area contributed by atoms with Gasteiger partial charge in [-0.05, 0) is 37.6 Å². The highest BCUT2D eigenvalue weighted by Crippen LogP contribution is 2.28. The lowest BCUT2D eigenvalue weighted by atomic mass is 10.2. The molecule has 6 heteroatoms. The summed E-state index contributed by atoms with van der Waals surface area (Å²) in [6.07, 6.45) is 3.10. The quantitative estimate of drug-likeness (QED) is 0.830. The zero-order chi connectivity index (χ0) is 15.9. The maximum atomic E-state index is 11.8. The minimum Gasteiger partial charge on any atom is -0.493 e. The highest BCUT2D eigenvalue weighted by atomic mass is 16.5. The molecule has 0 aliphatic heterocycles. The molecule has 2 rings (SSSR count). The van der Waals surface area contributed by atoms with E-state index in [1.165, 1.54) is 6.08 Å². The number of aromatic nitrogens is 1. The molecule has 0 aliphatic rings. The average Bonchev–Trinajstić information content (AvgIpc) is 2.91. The Morgan fingerprint density at radius 1 is 1.36 bits per heavy atom. The van der Waals surface area contributed by atoms with E-state index in [9.17, 15) is 4.79 Å². The molecule has 2 aromatic rings. The summed E-state index contributed by atoms with van der Waals surface area (Å²) in [5, 5.41) is 6.30. The van der Waals surface area contributed by atoms with Gasteiger partial charge in [0.15, 0.2) is 17.3 Å². The molecule has 0 spiro atoms. The fourth-order valence-corrected chi connectivity index (χ4v) is 1.83. The van der Waals surface area contributed by atoms with Gasteiger partial charge in [0, 0.05) is 12.1 Å². The second-order valence-corrected chi connectivity index (χ2v) is 4.49. The van der Waals surface area contributed by atoms with E-state index in [0.717, 1.165) is 5.56 Å². The van der Waals surface area contributed by atoms with Crippen molar-refractivity contribution < 1.29 is 18.8 Å². The normalized spacial score (nSPS) is 10.7. The molecule has 116 valence electrons. The number of carbonyl (C=O) groups is 1. The van der Waals surface area contributed by atoms with Gasteiger partial charge in [-0.15, -0.1) is 0 Å². The number of aryl methyl sites for hydroxylation is 1. The zero-order valence-electron chi connectivity index (χ0n) is 12.8. The van der Waals surface area contributed by atoms with Crippen LogP contribution in [0.2, 0.25) is 0 Å². The van der Waals surface area contributed by atoms with Crippen molar-refractivity contribution in [2.24, 2.45) is 0 Å². The average molecular weight is 302 g/mol. The third-order valence-corrected chi connectivity index (χ3v) is 2.79. The summed E-state index contributed by atoms with van der Waals surface area (Å²) >= 11 is 0. The first-order valence-electron chi connectivity index (χ1n) is 6.85. The van der Waals surface area contributed by atoms with Gasteiger partial charge in [0.05, 0.1) is 13.7 Å². The fourth-order valence-electron chi connectivity index (χ4n) is 1.83. The summed E-state index contributed by atoms with van der Waals surface area (Å²) in [6.45, 7) is 4.22. The predicted octanol–water partition coefficient (Wildman–Crippen LogP) is 3.04. The summed E-state index contributed by atoms with van der Waals surface area (Å²) in [5.74, 6) is 2.02. The molecule has 0 aliphatic carbocycles. The van der Waals surface area contributed by atoms with E-state index in [4.69, 9.17) is 14.0 Å². The lowest BCUT2D eigenvalue weighted by molar-refractivity contribution is -0.111. The van der Waals surface area contributed by atoms with E-state index in [2.05, 4.69) is 10.5 Å². The molecule has 6 nitrogen and oxygen atoms in total. The van der Waals surface area contributed by atoms with Crippen LogP contribution >= 0.6 is 0 Å². The highest BCUT2D eigenvalue weighted by molar-refractivity contribution is 6.01. The lowest BCUT2D eigenvalue weighted by Crippen LogP contribution is -2.07. The Morgan fingerprint density at radius 3 is 2.82 bits per heavy atom. The van der Waals surface area contributed by atoms with Crippen LogP contribution in [0.4, 0.5) is 5.82 Å². The van der Waals surface area contributed by atoms with E-state index >= 15 is 0 Å². The van der Waals surface area contributed by atoms with Gasteiger partial charge < -0.3 is 19.3 Å². The van der Waals surface area contributed by atoms with Gasteiger partial charge in [0.1, 0.15) is 5.76 Å². The molecule has 1 heterocycles. The van der Waals surface area contributed by atoms with E-state index < -0.39 is 0 Å². The first-order chi connectivity index (χ1) is 10.6. The van der Waals surface area contributed by atoms with Crippen molar-refractivity contribution in [3.05, 3.63) is 41.7 Å². The van der Waals surface area contributed by atoms with Crippen molar-refractivity contribution in [1.82, 2.24) is 5.16 Å². The van der Waals surface area contributed by atoms with Crippen LogP contribution in [0.5, 0.6) is 11.5 Å². The number of nitrogens with one attached hydrogen (secondary N) is 1. The number of nitrogens with zero attached hydrogens (tertiary/aromatic N) is 1. The highest BCUT2D eigenvalue weighted by Gasteiger charge is 2.05. The largest absolute Gasteiger partial charge is 0.493 e. The first-order valence-corrected chi connectivity index (χ1v) is 6.85. The Labute approximate surface area is 128 Å². The maximum Gasteiger partial charge on any atom is 0.249 e. The Morgan fingerprint density at radius 2 is 2.18 bits per heavy atom. The number of amides is 1. The minimum atomic E-state index is -0.291. The Balaban J connectivity index is 2.04. The number of ether oxygens (including phenoxy) is 2. The van der Waals surface area contributed by atoms with Crippen LogP contribution < -0.4 is 14.8 Å². The minimum absolute atomic E-state index is 0.291. The number of methoxy groups -OCH3 is 1. The second-order valence-electron chi connectivity index (χ2n) is 4.49. The molecule has 0 atom stereocenters. The van der Waals surface area contributed by atoms with Crippen LogP contribution in [0.15, 0.2) is 34.9 Å². The fraction of sp³-hybridized carbons (Fsp3) is 0.250. The monoisotopic (exact) mass is 302 g/mol. The summed E-state index contributed by atoms with van der Waals surface area (Å²) in [7, 11) is 1.57. The van der Waals surface area contributed by atoms with Crippen molar-refractivity contribution in [2.45, 2.75) is 13.8 Å². The van der Waals surface area contributed by atoms with Gasteiger partial charge in [-0.1, -0.05) is 11.2 Å². The molecular formula is C16H18N2O4. The molecule has 22 heavy (non-hydrogen) atoms. The van der Waals surface area contributed by atoms with Crippen LogP contribution in [0, 0.1) is 6.92 Å². The number of anilines is 1. The summed E-state index contributed by atoms with van der Waals surface area (Å²) in [6, 6.07) is 7.10. The van der Waals surface area contributed by atoms with Crippen molar-refractivity contribution >= 4 is 17.8 Å². The molecule has 1 aromatic heterocycles.